The van der Waals surface area contributed by atoms with E-state index in [4.69, 9.17) is 10.5 Å². The quantitative estimate of drug-likeness (QED) is 0.782. The van der Waals surface area contributed by atoms with Crippen LogP contribution in [0.1, 0.15) is 13.3 Å². The highest BCUT2D eigenvalue weighted by Crippen LogP contribution is 2.22. The predicted molar refractivity (Wildman–Crippen MR) is 50.6 cm³/mol. The first-order valence-electron chi connectivity index (χ1n) is 5.03. The van der Waals surface area contributed by atoms with Crippen LogP contribution >= 0.6 is 0 Å². The van der Waals surface area contributed by atoms with Crippen LogP contribution in [0.5, 0.6) is 0 Å². The normalized spacial score (nSPS) is 28.0. The third kappa shape index (κ3) is 3.64. The van der Waals surface area contributed by atoms with Crippen molar-refractivity contribution in [1.29, 1.82) is 0 Å². The smallest absolute Gasteiger partial charge is 0.375 e. The number of morpholine rings is 1. The van der Waals surface area contributed by atoms with Crippen molar-refractivity contribution in [3.05, 3.63) is 0 Å². The maximum absolute atomic E-state index is 12.1. The molecule has 16 heavy (non-hydrogen) atoms. The number of alkyl halides is 3. The summed E-state index contributed by atoms with van der Waals surface area (Å²) in [7, 11) is 0. The minimum Gasteiger partial charge on any atom is -0.375 e. The van der Waals surface area contributed by atoms with E-state index < -0.39 is 30.7 Å². The van der Waals surface area contributed by atoms with Gasteiger partial charge in [-0.25, -0.2) is 0 Å². The molecule has 2 atom stereocenters. The fraction of sp³-hybridized carbons (Fsp3) is 0.889. The SMILES string of the molecule is C[C@H]1OCCN(CCC(F)(F)F)[C@@H]1C(N)=O. The third-order valence-electron chi connectivity index (χ3n) is 2.57. The molecule has 94 valence electrons. The number of hydrogen-bond donors (Lipinski definition) is 1. The molecule has 0 aromatic heterocycles. The van der Waals surface area contributed by atoms with Gasteiger partial charge in [0.1, 0.15) is 6.04 Å². The number of ether oxygens (including phenoxy) is 1. The molecular formula is C9H15F3N2O2. The standard InChI is InChI=1S/C9H15F3N2O2/c1-6-7(8(13)15)14(4-5-16-6)3-2-9(10,11)12/h6-7H,2-5H2,1H3,(H2,13,15)/t6-,7+/m1/s1. The Labute approximate surface area is 91.5 Å². The zero-order valence-electron chi connectivity index (χ0n) is 8.96. The lowest BCUT2D eigenvalue weighted by Crippen LogP contribution is -2.57. The van der Waals surface area contributed by atoms with Crippen LogP contribution < -0.4 is 5.73 Å². The molecule has 0 saturated carbocycles. The van der Waals surface area contributed by atoms with Crippen LogP contribution in [-0.2, 0) is 9.53 Å². The Balaban J connectivity index is 2.58. The molecule has 1 fully saturated rings. The lowest BCUT2D eigenvalue weighted by atomic mass is 10.1. The number of rotatable bonds is 3. The molecule has 1 saturated heterocycles. The molecule has 2 N–H and O–H groups in total. The second-order valence-electron chi connectivity index (χ2n) is 3.82. The molecule has 1 heterocycles. The summed E-state index contributed by atoms with van der Waals surface area (Å²) in [5, 5.41) is 0. The van der Waals surface area contributed by atoms with Crippen molar-refractivity contribution < 1.29 is 22.7 Å². The zero-order chi connectivity index (χ0) is 12.3. The van der Waals surface area contributed by atoms with Gasteiger partial charge in [-0.1, -0.05) is 0 Å². The lowest BCUT2D eigenvalue weighted by Gasteiger charge is -2.37. The minimum atomic E-state index is -4.22. The molecule has 1 amide bonds. The van der Waals surface area contributed by atoms with Gasteiger partial charge in [-0.15, -0.1) is 0 Å². The number of carbonyl (C=O) groups excluding carboxylic acids is 1. The molecular weight excluding hydrogens is 225 g/mol. The molecule has 0 radical (unpaired) electrons. The van der Waals surface area contributed by atoms with Crippen molar-refractivity contribution in [1.82, 2.24) is 4.90 Å². The van der Waals surface area contributed by atoms with E-state index in [0.29, 0.717) is 13.2 Å². The number of hydrogen-bond acceptors (Lipinski definition) is 3. The number of halogens is 3. The van der Waals surface area contributed by atoms with Gasteiger partial charge in [0, 0.05) is 13.1 Å². The van der Waals surface area contributed by atoms with Gasteiger partial charge in [-0.3, -0.25) is 9.69 Å². The maximum Gasteiger partial charge on any atom is 0.390 e. The van der Waals surface area contributed by atoms with E-state index in [0.717, 1.165) is 0 Å². The fourth-order valence-electron chi connectivity index (χ4n) is 1.82. The Bertz CT molecular complexity index is 258. The van der Waals surface area contributed by atoms with Crippen molar-refractivity contribution in [2.24, 2.45) is 5.73 Å². The van der Waals surface area contributed by atoms with Crippen LogP contribution in [0, 0.1) is 0 Å². The third-order valence-corrected chi connectivity index (χ3v) is 2.57. The van der Waals surface area contributed by atoms with Crippen LogP contribution in [0.2, 0.25) is 0 Å². The summed E-state index contributed by atoms with van der Waals surface area (Å²) in [6, 6.07) is -0.768. The van der Waals surface area contributed by atoms with E-state index in [1.54, 1.807) is 6.92 Å². The lowest BCUT2D eigenvalue weighted by molar-refractivity contribution is -0.152. The number of amides is 1. The second kappa shape index (κ2) is 5.01. The molecule has 1 aliphatic rings. The summed E-state index contributed by atoms with van der Waals surface area (Å²) in [5.74, 6) is -0.644. The summed E-state index contributed by atoms with van der Waals surface area (Å²) >= 11 is 0. The van der Waals surface area contributed by atoms with Gasteiger partial charge in [0.05, 0.1) is 19.1 Å². The van der Waals surface area contributed by atoms with Crippen molar-refractivity contribution in [2.75, 3.05) is 19.7 Å². The number of carbonyl (C=O) groups is 1. The number of primary amides is 1. The first kappa shape index (κ1) is 13.2. The highest BCUT2D eigenvalue weighted by molar-refractivity contribution is 5.80. The minimum absolute atomic E-state index is 0.217. The Hall–Kier alpha value is -0.820. The van der Waals surface area contributed by atoms with Crippen molar-refractivity contribution in [2.45, 2.75) is 31.7 Å². The molecule has 0 aromatic carbocycles. The van der Waals surface area contributed by atoms with Crippen LogP contribution in [0.4, 0.5) is 13.2 Å². The molecule has 7 heteroatoms. The van der Waals surface area contributed by atoms with Gasteiger partial charge in [0.2, 0.25) is 5.91 Å². The summed E-state index contributed by atoms with van der Waals surface area (Å²) in [6.07, 6.45) is -5.62. The van der Waals surface area contributed by atoms with Gasteiger partial charge in [-0.05, 0) is 6.92 Å². The molecule has 0 bridgehead atoms. The highest BCUT2D eigenvalue weighted by Gasteiger charge is 2.36. The average Bonchev–Trinajstić information content (AvgIpc) is 2.12. The van der Waals surface area contributed by atoms with Crippen LogP contribution in [0.25, 0.3) is 0 Å². The van der Waals surface area contributed by atoms with Gasteiger partial charge in [-0.2, -0.15) is 13.2 Å². The van der Waals surface area contributed by atoms with Crippen molar-refractivity contribution >= 4 is 5.91 Å². The van der Waals surface area contributed by atoms with E-state index in [-0.39, 0.29) is 6.54 Å². The first-order valence-corrected chi connectivity index (χ1v) is 5.03. The van der Waals surface area contributed by atoms with Gasteiger partial charge in [0.25, 0.3) is 0 Å². The van der Waals surface area contributed by atoms with Crippen molar-refractivity contribution in [3.8, 4) is 0 Å². The van der Waals surface area contributed by atoms with Crippen molar-refractivity contribution in [3.63, 3.8) is 0 Å². The fourth-order valence-corrected chi connectivity index (χ4v) is 1.82. The summed E-state index contributed by atoms with van der Waals surface area (Å²) in [6.45, 7) is 2.04. The second-order valence-corrected chi connectivity index (χ2v) is 3.82. The molecule has 0 unspecified atom stereocenters. The molecule has 0 aliphatic carbocycles. The Kier molecular flexibility index (Phi) is 4.15. The molecule has 0 aromatic rings. The van der Waals surface area contributed by atoms with Gasteiger partial charge < -0.3 is 10.5 Å². The molecule has 1 aliphatic heterocycles. The van der Waals surface area contributed by atoms with E-state index in [2.05, 4.69) is 0 Å². The average molecular weight is 240 g/mol. The summed E-state index contributed by atoms with van der Waals surface area (Å²) in [4.78, 5) is 12.6. The van der Waals surface area contributed by atoms with E-state index in [9.17, 15) is 18.0 Å². The monoisotopic (exact) mass is 240 g/mol. The zero-order valence-corrected chi connectivity index (χ0v) is 8.96. The number of nitrogens with two attached hydrogens (primary N) is 1. The Morgan fingerprint density at radius 2 is 2.19 bits per heavy atom. The molecule has 4 nitrogen and oxygen atoms in total. The highest BCUT2D eigenvalue weighted by atomic mass is 19.4. The van der Waals surface area contributed by atoms with E-state index >= 15 is 0 Å². The van der Waals surface area contributed by atoms with Gasteiger partial charge >= 0.3 is 6.18 Å². The molecule has 1 rings (SSSR count). The predicted octanol–water partition coefficient (Wildman–Crippen LogP) is 0.513. The maximum atomic E-state index is 12.1. The Morgan fingerprint density at radius 1 is 1.56 bits per heavy atom. The summed E-state index contributed by atoms with van der Waals surface area (Å²) in [5.41, 5.74) is 5.15. The van der Waals surface area contributed by atoms with E-state index in [1.807, 2.05) is 0 Å². The first-order chi connectivity index (χ1) is 7.31. The summed E-state index contributed by atoms with van der Waals surface area (Å²) < 4.78 is 41.4. The van der Waals surface area contributed by atoms with Crippen LogP contribution in [-0.4, -0.2) is 48.8 Å². The van der Waals surface area contributed by atoms with Crippen LogP contribution in [0.15, 0.2) is 0 Å². The number of nitrogens with zero attached hydrogens (tertiary/aromatic N) is 1. The largest absolute Gasteiger partial charge is 0.390 e. The molecule has 0 spiro atoms. The van der Waals surface area contributed by atoms with E-state index in [1.165, 1.54) is 4.90 Å². The van der Waals surface area contributed by atoms with Crippen LogP contribution in [0.3, 0.4) is 0 Å². The van der Waals surface area contributed by atoms with Gasteiger partial charge in [0.15, 0.2) is 0 Å². The Morgan fingerprint density at radius 3 is 2.69 bits per heavy atom. The topological polar surface area (TPSA) is 55.6 Å².